The van der Waals surface area contributed by atoms with E-state index in [0.29, 0.717) is 12.0 Å². The highest BCUT2D eigenvalue weighted by Crippen LogP contribution is 2.31. The van der Waals surface area contributed by atoms with Crippen molar-refractivity contribution in [2.75, 3.05) is 20.7 Å². The van der Waals surface area contributed by atoms with E-state index < -0.39 is 0 Å². The molecule has 0 saturated carbocycles. The Morgan fingerprint density at radius 2 is 2.08 bits per heavy atom. The molecule has 0 fully saturated rings. The van der Waals surface area contributed by atoms with Gasteiger partial charge in [-0.05, 0) is 36.7 Å². The van der Waals surface area contributed by atoms with Crippen LogP contribution in [-0.2, 0) is 19.5 Å². The number of hydrogen-bond acceptors (Lipinski definition) is 5. The predicted molar refractivity (Wildman–Crippen MR) is 95.6 cm³/mol. The summed E-state index contributed by atoms with van der Waals surface area (Å²) >= 11 is 1.73. The summed E-state index contributed by atoms with van der Waals surface area (Å²) in [5.74, 6) is 0.847. The van der Waals surface area contributed by atoms with Crippen molar-refractivity contribution in [1.29, 1.82) is 5.41 Å². The molecule has 0 spiro atoms. The Balaban J connectivity index is 1.74. The van der Waals surface area contributed by atoms with Gasteiger partial charge in [-0.2, -0.15) is 0 Å². The van der Waals surface area contributed by atoms with E-state index in [4.69, 9.17) is 10.1 Å². The van der Waals surface area contributed by atoms with E-state index in [1.165, 1.54) is 10.4 Å². The van der Waals surface area contributed by atoms with Crippen molar-refractivity contribution in [2.45, 2.75) is 19.5 Å². The van der Waals surface area contributed by atoms with Crippen molar-refractivity contribution in [2.24, 2.45) is 0 Å². The largest absolute Gasteiger partial charge is 0.497 e. The lowest BCUT2D eigenvalue weighted by atomic mass is 10.1. The number of thiophene rings is 1. The van der Waals surface area contributed by atoms with Gasteiger partial charge in [-0.15, -0.1) is 11.3 Å². The number of likely N-dealkylation sites (N-methyl/N-ethyl adjacent to an activating group) is 1. The molecule has 3 aromatic rings. The highest BCUT2D eigenvalue weighted by atomic mass is 32.1. The molecule has 0 radical (unpaired) electrons. The maximum atomic E-state index is 8.67. The minimum absolute atomic E-state index is 0.567. The number of aromatic nitrogens is 2. The second kappa shape index (κ2) is 6.03. The van der Waals surface area contributed by atoms with Crippen LogP contribution in [0.3, 0.4) is 0 Å². The van der Waals surface area contributed by atoms with E-state index in [1.54, 1.807) is 24.8 Å². The summed E-state index contributed by atoms with van der Waals surface area (Å²) in [6, 6.07) is 7.97. The molecule has 3 heterocycles. The van der Waals surface area contributed by atoms with Crippen LogP contribution in [-0.4, -0.2) is 35.2 Å². The van der Waals surface area contributed by atoms with Gasteiger partial charge in [-0.25, -0.2) is 4.98 Å². The molecule has 5 nitrogen and oxygen atoms in total. The molecule has 0 unspecified atom stereocenters. The van der Waals surface area contributed by atoms with Crippen LogP contribution >= 0.6 is 11.3 Å². The van der Waals surface area contributed by atoms with E-state index in [1.807, 2.05) is 28.8 Å². The first-order valence-corrected chi connectivity index (χ1v) is 8.83. The summed E-state index contributed by atoms with van der Waals surface area (Å²) in [5, 5.41) is 9.71. The van der Waals surface area contributed by atoms with Gasteiger partial charge < -0.3 is 14.2 Å². The van der Waals surface area contributed by atoms with Crippen molar-refractivity contribution in [3.8, 4) is 5.75 Å². The maximum Gasteiger partial charge on any atom is 0.136 e. The Hall–Kier alpha value is -2.18. The molecule has 1 aliphatic rings. The van der Waals surface area contributed by atoms with Crippen molar-refractivity contribution in [1.82, 2.24) is 14.5 Å². The molecule has 0 aliphatic carbocycles. The minimum Gasteiger partial charge on any atom is -0.497 e. The molecule has 1 N–H and O–H groups in total. The van der Waals surface area contributed by atoms with Gasteiger partial charge in [0, 0.05) is 18.0 Å². The first-order chi connectivity index (χ1) is 11.7. The number of ether oxygens (including phenoxy) is 1. The van der Waals surface area contributed by atoms with Crippen molar-refractivity contribution in [3.05, 3.63) is 52.1 Å². The number of rotatable bonds is 3. The molecular formula is C18H20N4OS. The lowest BCUT2D eigenvalue weighted by Gasteiger charge is -2.22. The Bertz CT molecular complexity index is 942. The highest BCUT2D eigenvalue weighted by Gasteiger charge is 2.21. The first-order valence-electron chi connectivity index (χ1n) is 8.01. The van der Waals surface area contributed by atoms with E-state index in [-0.39, 0.29) is 0 Å². The number of methoxy groups -OCH3 is 1. The fourth-order valence-corrected chi connectivity index (χ4v) is 4.49. The van der Waals surface area contributed by atoms with Crippen LogP contribution in [0.25, 0.3) is 10.2 Å². The number of fused-ring (bicyclic) bond motifs is 3. The summed E-state index contributed by atoms with van der Waals surface area (Å²) in [4.78, 5) is 9.30. The third-order valence-corrected chi connectivity index (χ3v) is 5.70. The average Bonchev–Trinajstić information content (AvgIpc) is 2.96. The normalized spacial score (nSPS) is 14.8. The van der Waals surface area contributed by atoms with Crippen LogP contribution in [0.1, 0.15) is 16.0 Å². The Labute approximate surface area is 144 Å². The summed E-state index contributed by atoms with van der Waals surface area (Å²) in [6.45, 7) is 2.66. The lowest BCUT2D eigenvalue weighted by molar-refractivity contribution is 0.318. The van der Waals surface area contributed by atoms with Gasteiger partial charge in [0.05, 0.1) is 25.4 Å². The monoisotopic (exact) mass is 340 g/mol. The van der Waals surface area contributed by atoms with Gasteiger partial charge in [0.25, 0.3) is 0 Å². The lowest BCUT2D eigenvalue weighted by Crippen LogP contribution is -2.27. The molecule has 24 heavy (non-hydrogen) atoms. The number of nitrogens with one attached hydrogen (secondary N) is 1. The smallest absolute Gasteiger partial charge is 0.136 e. The third kappa shape index (κ3) is 2.61. The molecule has 1 aliphatic heterocycles. The predicted octanol–water partition coefficient (Wildman–Crippen LogP) is 2.62. The maximum absolute atomic E-state index is 8.67. The summed E-state index contributed by atoms with van der Waals surface area (Å²) < 4.78 is 7.13. The standard InChI is InChI=1S/C18H20N4OS/c1-21-8-7-14-15(10-21)24-18-16(14)17(19)22(11-20-18)9-12-3-5-13(23-2)6-4-12/h3-6,11,19H,7-10H2,1-2H3. The van der Waals surface area contributed by atoms with Crippen LogP contribution in [0.4, 0.5) is 0 Å². The second-order valence-corrected chi connectivity index (χ2v) is 7.32. The molecule has 6 heteroatoms. The molecular weight excluding hydrogens is 320 g/mol. The quantitative estimate of drug-likeness (QED) is 0.797. The van der Waals surface area contributed by atoms with Gasteiger partial charge in [0.15, 0.2) is 0 Å². The van der Waals surface area contributed by atoms with Crippen LogP contribution in [0.5, 0.6) is 5.75 Å². The van der Waals surface area contributed by atoms with Crippen LogP contribution in [0, 0.1) is 5.41 Å². The molecule has 124 valence electrons. The average molecular weight is 340 g/mol. The zero-order valence-corrected chi connectivity index (χ0v) is 14.7. The molecule has 1 aromatic carbocycles. The fraction of sp³-hybridized carbons (Fsp3) is 0.333. The van der Waals surface area contributed by atoms with E-state index >= 15 is 0 Å². The van der Waals surface area contributed by atoms with Crippen molar-refractivity contribution in [3.63, 3.8) is 0 Å². The van der Waals surface area contributed by atoms with Crippen LogP contribution in [0.2, 0.25) is 0 Å². The molecule has 0 saturated heterocycles. The SMILES string of the molecule is COc1ccc(Cn2cnc3sc4c(c3c2=N)CCN(C)C4)cc1. The topological polar surface area (TPSA) is 54.1 Å². The third-order valence-electron chi connectivity index (χ3n) is 4.58. The molecule has 0 amide bonds. The van der Waals surface area contributed by atoms with Gasteiger partial charge in [-0.3, -0.25) is 5.41 Å². The van der Waals surface area contributed by atoms with Crippen molar-refractivity contribution >= 4 is 21.6 Å². The summed E-state index contributed by atoms with van der Waals surface area (Å²) in [5.41, 5.74) is 3.03. The molecule has 0 atom stereocenters. The Morgan fingerprint density at radius 3 is 2.83 bits per heavy atom. The van der Waals surface area contributed by atoms with Crippen LogP contribution in [0.15, 0.2) is 30.6 Å². The second-order valence-electron chi connectivity index (χ2n) is 6.24. The Morgan fingerprint density at radius 1 is 1.29 bits per heavy atom. The molecule has 2 aromatic heterocycles. The number of hydrogen-bond donors (Lipinski definition) is 1. The zero-order valence-electron chi connectivity index (χ0n) is 13.9. The van der Waals surface area contributed by atoms with Gasteiger partial charge in [0.1, 0.15) is 16.1 Å². The zero-order chi connectivity index (χ0) is 16.7. The number of benzene rings is 1. The van der Waals surface area contributed by atoms with E-state index in [0.717, 1.165) is 41.0 Å². The van der Waals surface area contributed by atoms with Gasteiger partial charge in [0.2, 0.25) is 0 Å². The Kier molecular flexibility index (Phi) is 3.86. The summed E-state index contributed by atoms with van der Waals surface area (Å²) in [7, 11) is 3.81. The minimum atomic E-state index is 0.567. The number of nitrogens with zero attached hydrogens (tertiary/aromatic N) is 3. The fourth-order valence-electron chi connectivity index (χ4n) is 3.22. The van der Waals surface area contributed by atoms with Crippen LogP contribution < -0.4 is 10.2 Å². The molecule has 0 bridgehead atoms. The first kappa shape index (κ1) is 15.4. The van der Waals surface area contributed by atoms with Crippen molar-refractivity contribution < 1.29 is 4.74 Å². The van der Waals surface area contributed by atoms with Gasteiger partial charge in [-0.1, -0.05) is 12.1 Å². The highest BCUT2D eigenvalue weighted by molar-refractivity contribution is 7.18. The van der Waals surface area contributed by atoms with E-state index in [9.17, 15) is 0 Å². The summed E-state index contributed by atoms with van der Waals surface area (Å²) in [6.07, 6.45) is 2.80. The van der Waals surface area contributed by atoms with Gasteiger partial charge >= 0.3 is 0 Å². The molecule has 4 rings (SSSR count). The van der Waals surface area contributed by atoms with E-state index in [2.05, 4.69) is 16.9 Å².